The summed E-state index contributed by atoms with van der Waals surface area (Å²) < 4.78 is 28.6. The number of rotatable bonds is 1. The highest BCUT2D eigenvalue weighted by Gasteiger charge is 2.21. The van der Waals surface area contributed by atoms with Gasteiger partial charge in [0.2, 0.25) is 6.20 Å². The Labute approximate surface area is 106 Å². The predicted molar refractivity (Wildman–Crippen MR) is 62.6 cm³/mol. The van der Waals surface area contributed by atoms with Crippen molar-refractivity contribution in [2.45, 2.75) is 0 Å². The summed E-state index contributed by atoms with van der Waals surface area (Å²) in [6, 6.07) is 4.36. The molecule has 0 saturated heterocycles. The third-order valence-corrected chi connectivity index (χ3v) is 2.91. The van der Waals surface area contributed by atoms with Crippen LogP contribution in [0.4, 0.5) is 8.78 Å². The van der Waals surface area contributed by atoms with Crippen LogP contribution in [0.5, 0.6) is 0 Å². The molecule has 90 valence electrons. The minimum atomic E-state index is -0.501. The van der Waals surface area contributed by atoms with Crippen LogP contribution in [0.2, 0.25) is 5.02 Å². The summed E-state index contributed by atoms with van der Waals surface area (Å²) in [5, 5.41) is 3.51. The van der Waals surface area contributed by atoms with Crippen molar-refractivity contribution in [3.63, 3.8) is 0 Å². The fraction of sp³-hybridized carbons (Fsp3) is 0. The Bertz CT molecular complexity index is 719. The quantitative estimate of drug-likeness (QED) is 0.675. The van der Waals surface area contributed by atoms with Crippen LogP contribution in [0.25, 0.3) is 16.6 Å². The zero-order chi connectivity index (χ0) is 12.7. The first-order valence-electron chi connectivity index (χ1n) is 5.15. The van der Waals surface area contributed by atoms with E-state index in [9.17, 15) is 8.78 Å². The first kappa shape index (κ1) is 11.1. The highest BCUT2D eigenvalue weighted by atomic mass is 35.5. The van der Waals surface area contributed by atoms with Crippen LogP contribution in [-0.4, -0.2) is 10.1 Å². The monoisotopic (exact) mass is 266 g/mol. The summed E-state index contributed by atoms with van der Waals surface area (Å²) >= 11 is 5.94. The van der Waals surface area contributed by atoms with Crippen molar-refractivity contribution < 1.29 is 13.5 Å². The van der Waals surface area contributed by atoms with E-state index >= 15 is 0 Å². The maximum Gasteiger partial charge on any atom is 0.289 e. The molecule has 3 rings (SSSR count). The molecule has 1 aromatic carbocycles. The molecular formula is C12H7ClF2N3+. The molecule has 3 aromatic rings. The van der Waals surface area contributed by atoms with Crippen LogP contribution in [0.3, 0.4) is 0 Å². The Morgan fingerprint density at radius 2 is 2.00 bits per heavy atom. The molecule has 0 aliphatic carbocycles. The molecule has 0 spiro atoms. The van der Waals surface area contributed by atoms with E-state index in [1.54, 1.807) is 6.07 Å². The molecule has 1 N–H and O–H groups in total. The van der Waals surface area contributed by atoms with E-state index in [1.807, 2.05) is 0 Å². The average molecular weight is 267 g/mol. The van der Waals surface area contributed by atoms with Crippen molar-refractivity contribution in [1.29, 1.82) is 0 Å². The average Bonchev–Trinajstić information content (AvgIpc) is 2.74. The number of fused-ring (bicyclic) bond motifs is 1. The van der Waals surface area contributed by atoms with Crippen molar-refractivity contribution >= 4 is 22.5 Å². The Hall–Kier alpha value is -2.01. The lowest BCUT2D eigenvalue weighted by Crippen LogP contribution is -2.33. The normalized spacial score (nSPS) is 11.1. The van der Waals surface area contributed by atoms with Crippen LogP contribution in [0, 0.1) is 11.6 Å². The number of H-pyrrole nitrogens is 1. The zero-order valence-corrected chi connectivity index (χ0v) is 9.75. The van der Waals surface area contributed by atoms with Gasteiger partial charge in [-0.05, 0) is 12.1 Å². The van der Waals surface area contributed by atoms with Gasteiger partial charge in [-0.3, -0.25) is 4.98 Å². The van der Waals surface area contributed by atoms with Crippen LogP contribution < -0.4 is 4.68 Å². The molecule has 0 aliphatic heterocycles. The molecule has 0 aliphatic rings. The van der Waals surface area contributed by atoms with Gasteiger partial charge in [0.15, 0.2) is 11.6 Å². The third kappa shape index (κ3) is 1.64. The van der Waals surface area contributed by atoms with E-state index < -0.39 is 11.6 Å². The molecule has 6 heteroatoms. The number of nitrogens with zero attached hydrogens (tertiary/aromatic N) is 2. The Balaban J connectivity index is 2.30. The third-order valence-electron chi connectivity index (χ3n) is 2.61. The van der Waals surface area contributed by atoms with Crippen LogP contribution in [-0.2, 0) is 0 Å². The summed E-state index contributed by atoms with van der Waals surface area (Å²) in [6.07, 6.45) is 4.11. The van der Waals surface area contributed by atoms with Crippen molar-refractivity contribution in [3.05, 3.63) is 53.4 Å². The molecule has 2 aromatic heterocycles. The second kappa shape index (κ2) is 4.03. The molecule has 0 unspecified atom stereocenters. The van der Waals surface area contributed by atoms with Gasteiger partial charge in [-0.2, -0.15) is 9.49 Å². The summed E-state index contributed by atoms with van der Waals surface area (Å²) in [6.45, 7) is 0. The standard InChI is InChI=1S/C12H6ClF2N3/c13-8-2-1-3-9(14)12(8)18-6-7-4-16-5-10(15)11(7)17-18/h1-6H/p+1. The number of aromatic nitrogens is 3. The van der Waals surface area contributed by atoms with Crippen molar-refractivity contribution in [2.75, 3.05) is 0 Å². The van der Waals surface area contributed by atoms with Crippen LogP contribution in [0.15, 0.2) is 36.8 Å². The first-order valence-corrected chi connectivity index (χ1v) is 5.53. The number of pyridine rings is 1. The predicted octanol–water partition coefficient (Wildman–Crippen LogP) is 2.77. The number of para-hydroxylation sites is 1. The molecule has 0 amide bonds. The van der Waals surface area contributed by atoms with Gasteiger partial charge in [-0.25, -0.2) is 4.39 Å². The number of nitrogens with one attached hydrogen (secondary N) is 1. The smallest absolute Gasteiger partial charge is 0.261 e. The van der Waals surface area contributed by atoms with E-state index in [-0.39, 0.29) is 16.2 Å². The summed E-state index contributed by atoms with van der Waals surface area (Å²) in [4.78, 5) is 3.73. The molecule has 0 bridgehead atoms. The number of hydrogen-bond donors (Lipinski definition) is 1. The van der Waals surface area contributed by atoms with E-state index in [2.05, 4.69) is 10.1 Å². The maximum atomic E-state index is 13.7. The van der Waals surface area contributed by atoms with Gasteiger partial charge in [0.05, 0.1) is 11.6 Å². The van der Waals surface area contributed by atoms with Crippen LogP contribution >= 0.6 is 11.6 Å². The first-order chi connectivity index (χ1) is 8.66. The highest BCUT2D eigenvalue weighted by Crippen LogP contribution is 2.20. The van der Waals surface area contributed by atoms with E-state index in [4.69, 9.17) is 11.6 Å². The van der Waals surface area contributed by atoms with E-state index in [1.165, 1.54) is 29.2 Å². The van der Waals surface area contributed by atoms with Gasteiger partial charge in [-0.1, -0.05) is 22.3 Å². The second-order valence-electron chi connectivity index (χ2n) is 3.77. The number of aromatic amines is 1. The largest absolute Gasteiger partial charge is 0.289 e. The summed E-state index contributed by atoms with van der Waals surface area (Å²) in [7, 11) is 0. The molecule has 2 heterocycles. The maximum absolute atomic E-state index is 13.7. The van der Waals surface area contributed by atoms with E-state index in [0.717, 1.165) is 6.20 Å². The molecule has 18 heavy (non-hydrogen) atoms. The lowest BCUT2D eigenvalue weighted by molar-refractivity contribution is -0.654. The molecular weight excluding hydrogens is 260 g/mol. The zero-order valence-electron chi connectivity index (χ0n) is 8.99. The van der Waals surface area contributed by atoms with Gasteiger partial charge in [0, 0.05) is 6.20 Å². The number of halogens is 3. The number of benzene rings is 1. The molecule has 0 fully saturated rings. The molecule has 0 radical (unpaired) electrons. The van der Waals surface area contributed by atoms with Gasteiger partial charge in [-0.15, -0.1) is 0 Å². The summed E-state index contributed by atoms with van der Waals surface area (Å²) in [5.41, 5.74) is 0.402. The van der Waals surface area contributed by atoms with E-state index in [0.29, 0.717) is 5.39 Å². The lowest BCUT2D eigenvalue weighted by Gasteiger charge is -1.95. The van der Waals surface area contributed by atoms with Gasteiger partial charge < -0.3 is 0 Å². The molecule has 3 nitrogen and oxygen atoms in total. The molecule has 0 atom stereocenters. The second-order valence-corrected chi connectivity index (χ2v) is 4.17. The van der Waals surface area contributed by atoms with Gasteiger partial charge >= 0.3 is 0 Å². The minimum absolute atomic E-state index is 0.148. The Kier molecular flexibility index (Phi) is 2.48. The minimum Gasteiger partial charge on any atom is -0.261 e. The van der Waals surface area contributed by atoms with Crippen molar-refractivity contribution in [2.24, 2.45) is 0 Å². The lowest BCUT2D eigenvalue weighted by atomic mass is 10.3. The molecule has 0 saturated carbocycles. The van der Waals surface area contributed by atoms with Crippen molar-refractivity contribution in [3.8, 4) is 5.69 Å². The topological polar surface area (TPSA) is 32.6 Å². The fourth-order valence-corrected chi connectivity index (χ4v) is 2.05. The van der Waals surface area contributed by atoms with Crippen molar-refractivity contribution in [1.82, 2.24) is 10.1 Å². The van der Waals surface area contributed by atoms with Crippen LogP contribution in [0.1, 0.15) is 0 Å². The van der Waals surface area contributed by atoms with Gasteiger partial charge in [0.1, 0.15) is 10.5 Å². The number of hydrogen-bond acceptors (Lipinski definition) is 1. The highest BCUT2D eigenvalue weighted by molar-refractivity contribution is 6.32. The SMILES string of the molecule is Fc1cccc(Cl)c1-[n+]1cc2cncc(F)c2[nH]1. The van der Waals surface area contributed by atoms with Gasteiger partial charge in [0.25, 0.3) is 5.69 Å². The Morgan fingerprint density at radius 1 is 1.17 bits per heavy atom. The summed E-state index contributed by atoms with van der Waals surface area (Å²) in [5.74, 6) is -0.994. The fourth-order valence-electron chi connectivity index (χ4n) is 1.80. The Morgan fingerprint density at radius 3 is 2.72 bits per heavy atom.